The third kappa shape index (κ3) is 4.19. The summed E-state index contributed by atoms with van der Waals surface area (Å²) in [5.74, 6) is 3.95. The van der Waals surface area contributed by atoms with Crippen LogP contribution in [-0.2, 0) is 0 Å². The Kier molecular flexibility index (Phi) is 6.17. The molecule has 4 rings (SSSR count). The van der Waals surface area contributed by atoms with Crippen LogP contribution in [0.15, 0.2) is 70.1 Å². The Bertz CT molecular complexity index is 1320. The van der Waals surface area contributed by atoms with Crippen LogP contribution in [0.5, 0.6) is 17.2 Å². The maximum atomic E-state index is 6.08. The predicted octanol–water partition coefficient (Wildman–Crippen LogP) is 6.36. The molecule has 1 heterocycles. The molecule has 0 spiro atoms. The summed E-state index contributed by atoms with van der Waals surface area (Å²) < 4.78 is 22.8. The van der Waals surface area contributed by atoms with Gasteiger partial charge in [0.15, 0.2) is 0 Å². The summed E-state index contributed by atoms with van der Waals surface area (Å²) in [5, 5.41) is 2.68. The van der Waals surface area contributed by atoms with Gasteiger partial charge in [-0.25, -0.2) is 4.99 Å². The molecular formula is C27H27NO4. The summed E-state index contributed by atoms with van der Waals surface area (Å²) in [6.07, 6.45) is 0. The second-order valence-corrected chi connectivity index (χ2v) is 7.43. The van der Waals surface area contributed by atoms with E-state index in [1.165, 1.54) is 0 Å². The van der Waals surface area contributed by atoms with E-state index in [-0.39, 0.29) is 0 Å². The molecule has 1 aromatic heterocycles. The summed E-state index contributed by atoms with van der Waals surface area (Å²) >= 11 is 0. The smallest absolute Gasteiger partial charge is 0.131 e. The number of nitrogens with zero attached hydrogens (tertiary/aromatic N) is 1. The summed E-state index contributed by atoms with van der Waals surface area (Å²) in [4.78, 5) is 4.99. The molecule has 0 fully saturated rings. The molecule has 0 aliphatic rings. The van der Waals surface area contributed by atoms with Crippen molar-refractivity contribution in [3.05, 3.63) is 77.5 Å². The van der Waals surface area contributed by atoms with Crippen molar-refractivity contribution in [1.82, 2.24) is 0 Å². The lowest BCUT2D eigenvalue weighted by Gasteiger charge is -2.05. The van der Waals surface area contributed by atoms with E-state index in [4.69, 9.17) is 23.6 Å². The van der Waals surface area contributed by atoms with Gasteiger partial charge < -0.3 is 18.6 Å². The first-order chi connectivity index (χ1) is 15.5. The number of hydrogen-bond donors (Lipinski definition) is 0. The molecule has 3 aromatic carbocycles. The minimum atomic E-state index is 0.549. The SMILES string of the molecule is CCOc1cc(-c2ccc(OC)cc2)cc(=Nc2cccc(OC)c2)c2c(C)oc(C)c12. The van der Waals surface area contributed by atoms with Gasteiger partial charge in [-0.05, 0) is 68.3 Å². The third-order valence-electron chi connectivity index (χ3n) is 5.37. The molecule has 5 heteroatoms. The predicted molar refractivity (Wildman–Crippen MR) is 127 cm³/mol. The van der Waals surface area contributed by atoms with Crippen molar-refractivity contribution in [1.29, 1.82) is 0 Å². The van der Waals surface area contributed by atoms with E-state index >= 15 is 0 Å². The number of methoxy groups -OCH3 is 2. The van der Waals surface area contributed by atoms with Gasteiger partial charge in [0.05, 0.1) is 42.6 Å². The Morgan fingerprint density at radius 1 is 0.781 bits per heavy atom. The normalized spacial score (nSPS) is 11.6. The first kappa shape index (κ1) is 21.5. The van der Waals surface area contributed by atoms with Crippen LogP contribution in [0.2, 0.25) is 0 Å². The average Bonchev–Trinajstić information content (AvgIpc) is 3.00. The van der Waals surface area contributed by atoms with Crippen LogP contribution < -0.4 is 19.6 Å². The zero-order valence-corrected chi connectivity index (χ0v) is 19.1. The summed E-state index contributed by atoms with van der Waals surface area (Å²) in [6.45, 7) is 6.45. The minimum Gasteiger partial charge on any atom is -0.497 e. The molecule has 0 bridgehead atoms. The van der Waals surface area contributed by atoms with Crippen molar-refractivity contribution in [3.8, 4) is 28.4 Å². The van der Waals surface area contributed by atoms with Crippen LogP contribution >= 0.6 is 0 Å². The molecule has 0 aliphatic carbocycles. The van der Waals surface area contributed by atoms with Gasteiger partial charge in [0, 0.05) is 6.07 Å². The van der Waals surface area contributed by atoms with Crippen molar-refractivity contribution < 1.29 is 18.6 Å². The standard InChI is InChI=1S/C27H27NO4/c1-6-31-25-15-20(19-10-12-22(29-4)13-11-19)14-24(26-17(2)32-18(3)27(25)26)28-21-8-7-9-23(16-21)30-5/h7-16H,6H2,1-5H3. The van der Waals surface area contributed by atoms with Gasteiger partial charge in [0.1, 0.15) is 28.8 Å². The zero-order valence-electron chi connectivity index (χ0n) is 19.1. The van der Waals surface area contributed by atoms with E-state index < -0.39 is 0 Å². The van der Waals surface area contributed by atoms with Crippen LogP contribution in [0.4, 0.5) is 5.69 Å². The Hall–Kier alpha value is -3.73. The first-order valence-corrected chi connectivity index (χ1v) is 10.6. The number of rotatable bonds is 6. The van der Waals surface area contributed by atoms with E-state index in [9.17, 15) is 0 Å². The number of hydrogen-bond acceptors (Lipinski definition) is 5. The molecule has 0 saturated heterocycles. The maximum Gasteiger partial charge on any atom is 0.131 e. The van der Waals surface area contributed by atoms with Crippen LogP contribution in [0.3, 0.4) is 0 Å². The Morgan fingerprint density at radius 3 is 2.19 bits per heavy atom. The van der Waals surface area contributed by atoms with E-state index in [1.54, 1.807) is 14.2 Å². The van der Waals surface area contributed by atoms with E-state index in [1.807, 2.05) is 69.3 Å². The lowest BCUT2D eigenvalue weighted by atomic mass is 10.1. The topological polar surface area (TPSA) is 53.2 Å². The summed E-state index contributed by atoms with van der Waals surface area (Å²) in [5.41, 5.74) is 2.83. The Balaban J connectivity index is 2.08. The highest BCUT2D eigenvalue weighted by molar-refractivity contribution is 5.93. The average molecular weight is 430 g/mol. The fourth-order valence-electron chi connectivity index (χ4n) is 3.89. The fraction of sp³-hybridized carbons (Fsp3) is 0.222. The molecule has 164 valence electrons. The number of fused-ring (bicyclic) bond motifs is 1. The van der Waals surface area contributed by atoms with Crippen LogP contribution in [0, 0.1) is 13.8 Å². The van der Waals surface area contributed by atoms with Crippen LogP contribution in [0.1, 0.15) is 18.4 Å². The summed E-state index contributed by atoms with van der Waals surface area (Å²) in [7, 11) is 3.32. The molecule has 4 aromatic rings. The second kappa shape index (κ2) is 9.18. The van der Waals surface area contributed by atoms with E-state index in [0.717, 1.165) is 61.7 Å². The molecule has 0 saturated carbocycles. The van der Waals surface area contributed by atoms with E-state index in [2.05, 4.69) is 12.1 Å². The first-order valence-electron chi connectivity index (χ1n) is 10.6. The molecule has 0 unspecified atom stereocenters. The molecule has 32 heavy (non-hydrogen) atoms. The Labute approximate surface area is 187 Å². The van der Waals surface area contributed by atoms with Gasteiger partial charge in [0.2, 0.25) is 0 Å². The van der Waals surface area contributed by atoms with Crippen LogP contribution in [-0.4, -0.2) is 20.8 Å². The van der Waals surface area contributed by atoms with E-state index in [0.29, 0.717) is 6.61 Å². The van der Waals surface area contributed by atoms with Gasteiger partial charge in [-0.15, -0.1) is 0 Å². The van der Waals surface area contributed by atoms with Gasteiger partial charge in [-0.1, -0.05) is 18.2 Å². The van der Waals surface area contributed by atoms with Gasteiger partial charge in [0.25, 0.3) is 0 Å². The quantitative estimate of drug-likeness (QED) is 0.358. The highest BCUT2D eigenvalue weighted by Crippen LogP contribution is 2.34. The number of ether oxygens (including phenoxy) is 3. The van der Waals surface area contributed by atoms with Crippen molar-refractivity contribution in [2.45, 2.75) is 20.8 Å². The lowest BCUT2D eigenvalue weighted by molar-refractivity contribution is 0.344. The molecule has 0 radical (unpaired) electrons. The zero-order chi connectivity index (χ0) is 22.7. The maximum absolute atomic E-state index is 6.08. The van der Waals surface area contributed by atoms with Crippen molar-refractivity contribution >= 4 is 16.5 Å². The van der Waals surface area contributed by atoms with Crippen molar-refractivity contribution in [2.75, 3.05) is 20.8 Å². The molecule has 0 aliphatic heterocycles. The Morgan fingerprint density at radius 2 is 1.50 bits per heavy atom. The fourth-order valence-corrected chi connectivity index (χ4v) is 3.89. The van der Waals surface area contributed by atoms with Gasteiger partial charge in [-0.3, -0.25) is 0 Å². The third-order valence-corrected chi connectivity index (χ3v) is 5.37. The molecule has 0 atom stereocenters. The molecular weight excluding hydrogens is 402 g/mol. The molecule has 0 N–H and O–H groups in total. The van der Waals surface area contributed by atoms with Crippen molar-refractivity contribution in [2.24, 2.45) is 4.99 Å². The minimum absolute atomic E-state index is 0.549. The highest BCUT2D eigenvalue weighted by atomic mass is 16.5. The van der Waals surface area contributed by atoms with Gasteiger partial charge >= 0.3 is 0 Å². The summed E-state index contributed by atoms with van der Waals surface area (Å²) in [6, 6.07) is 19.8. The highest BCUT2D eigenvalue weighted by Gasteiger charge is 2.15. The number of aryl methyl sites for hydroxylation is 2. The molecule has 5 nitrogen and oxygen atoms in total. The number of benzene rings is 2. The lowest BCUT2D eigenvalue weighted by Crippen LogP contribution is -2.00. The van der Waals surface area contributed by atoms with Crippen molar-refractivity contribution in [3.63, 3.8) is 0 Å². The largest absolute Gasteiger partial charge is 0.497 e. The number of furan rings is 1. The molecule has 0 amide bonds. The van der Waals surface area contributed by atoms with Gasteiger partial charge in [-0.2, -0.15) is 0 Å². The second-order valence-electron chi connectivity index (χ2n) is 7.43. The monoisotopic (exact) mass is 429 g/mol. The van der Waals surface area contributed by atoms with Crippen LogP contribution in [0.25, 0.3) is 21.9 Å².